The van der Waals surface area contributed by atoms with Gasteiger partial charge in [0.1, 0.15) is 11.4 Å². The number of hydrogen-bond acceptors (Lipinski definition) is 6. The van der Waals surface area contributed by atoms with Crippen molar-refractivity contribution >= 4 is 11.9 Å². The number of para-hydroxylation sites is 1. The Kier molecular flexibility index (Phi) is 5.20. The van der Waals surface area contributed by atoms with Gasteiger partial charge in [0, 0.05) is 23.6 Å². The topological polar surface area (TPSA) is 106 Å². The zero-order valence-corrected chi connectivity index (χ0v) is 18.6. The van der Waals surface area contributed by atoms with E-state index in [1.807, 2.05) is 24.8 Å². The highest BCUT2D eigenvalue weighted by molar-refractivity contribution is 5.95. The number of carboxylic acid groups (broad SMARTS) is 1. The van der Waals surface area contributed by atoms with Crippen molar-refractivity contribution in [2.24, 2.45) is 5.92 Å². The normalized spacial score (nSPS) is 27.0. The van der Waals surface area contributed by atoms with Gasteiger partial charge in [-0.3, -0.25) is 4.79 Å². The Morgan fingerprint density at radius 3 is 2.79 bits per heavy atom. The van der Waals surface area contributed by atoms with Crippen LogP contribution in [0, 0.1) is 5.92 Å². The summed E-state index contributed by atoms with van der Waals surface area (Å²) in [4.78, 5) is 26.0. The first kappa shape index (κ1) is 21.6. The quantitative estimate of drug-likeness (QED) is 0.731. The van der Waals surface area contributed by atoms with Crippen molar-refractivity contribution < 1.29 is 34.0 Å². The highest BCUT2D eigenvalue weighted by Crippen LogP contribution is 2.54. The lowest BCUT2D eigenvalue weighted by molar-refractivity contribution is -0.160. The lowest BCUT2D eigenvalue weighted by Gasteiger charge is -2.50. The SMILES string of the molecule is CC1(C)Oc2c(O)cccc2[C@@H]2O[C@@H]3CCN(C(=O)c4cccc(OCC(=O)O)c4)[C@H]3C[C@H]21. The summed E-state index contributed by atoms with van der Waals surface area (Å²) < 4.78 is 18.0. The van der Waals surface area contributed by atoms with Crippen molar-refractivity contribution in [1.29, 1.82) is 0 Å². The minimum atomic E-state index is -1.07. The number of carbonyl (C=O) groups excluding carboxylic acids is 1. The van der Waals surface area contributed by atoms with E-state index in [9.17, 15) is 14.7 Å². The number of likely N-dealkylation sites (tertiary alicyclic amines) is 1. The fraction of sp³-hybridized carbons (Fsp3) is 0.440. The van der Waals surface area contributed by atoms with Gasteiger partial charge in [0.05, 0.1) is 18.2 Å². The van der Waals surface area contributed by atoms with Crippen molar-refractivity contribution in [3.05, 3.63) is 53.6 Å². The van der Waals surface area contributed by atoms with Crippen LogP contribution in [-0.4, -0.2) is 57.9 Å². The van der Waals surface area contributed by atoms with E-state index in [1.54, 1.807) is 36.4 Å². The minimum absolute atomic E-state index is 0.00619. The number of aromatic hydroxyl groups is 1. The van der Waals surface area contributed by atoms with E-state index in [-0.39, 0.29) is 35.8 Å². The average molecular weight is 453 g/mol. The number of rotatable bonds is 4. The molecule has 5 rings (SSSR count). The molecule has 2 fully saturated rings. The molecule has 174 valence electrons. The molecule has 2 aromatic rings. The Bertz CT molecular complexity index is 1100. The van der Waals surface area contributed by atoms with E-state index in [2.05, 4.69) is 0 Å². The van der Waals surface area contributed by atoms with Crippen molar-refractivity contribution in [2.45, 2.75) is 50.5 Å². The maximum atomic E-state index is 13.4. The van der Waals surface area contributed by atoms with E-state index in [1.165, 1.54) is 0 Å². The van der Waals surface area contributed by atoms with Gasteiger partial charge in [0.15, 0.2) is 18.1 Å². The Morgan fingerprint density at radius 1 is 1.21 bits per heavy atom. The third-order valence-corrected chi connectivity index (χ3v) is 6.96. The van der Waals surface area contributed by atoms with Crippen LogP contribution in [0.1, 0.15) is 48.7 Å². The van der Waals surface area contributed by atoms with Crippen LogP contribution < -0.4 is 9.47 Å². The average Bonchev–Trinajstić information content (AvgIpc) is 3.20. The molecule has 0 radical (unpaired) electrons. The van der Waals surface area contributed by atoms with Gasteiger partial charge in [-0.25, -0.2) is 4.79 Å². The molecular formula is C25H27NO7. The van der Waals surface area contributed by atoms with Gasteiger partial charge in [-0.2, -0.15) is 0 Å². The Hall–Kier alpha value is -3.26. The van der Waals surface area contributed by atoms with Gasteiger partial charge in [0.25, 0.3) is 5.91 Å². The van der Waals surface area contributed by atoms with E-state index in [0.29, 0.717) is 23.6 Å². The second kappa shape index (κ2) is 7.95. The number of aliphatic carboxylic acids is 1. The summed E-state index contributed by atoms with van der Waals surface area (Å²) in [6.45, 7) is 4.10. The predicted molar refractivity (Wildman–Crippen MR) is 118 cm³/mol. The molecule has 0 bridgehead atoms. The lowest BCUT2D eigenvalue weighted by Crippen LogP contribution is -2.54. The fourth-order valence-corrected chi connectivity index (χ4v) is 5.37. The monoisotopic (exact) mass is 453 g/mol. The van der Waals surface area contributed by atoms with Crippen molar-refractivity contribution in [1.82, 2.24) is 4.90 Å². The van der Waals surface area contributed by atoms with Crippen molar-refractivity contribution in [3.8, 4) is 17.2 Å². The molecule has 3 aliphatic heterocycles. The third kappa shape index (κ3) is 3.78. The molecule has 3 heterocycles. The number of ether oxygens (including phenoxy) is 3. The molecular weight excluding hydrogens is 426 g/mol. The maximum absolute atomic E-state index is 13.4. The van der Waals surface area contributed by atoms with Crippen LogP contribution >= 0.6 is 0 Å². The molecule has 0 aliphatic carbocycles. The highest BCUT2D eigenvalue weighted by Gasteiger charge is 2.54. The number of hydrogen-bond donors (Lipinski definition) is 2. The molecule has 4 atom stereocenters. The summed E-state index contributed by atoms with van der Waals surface area (Å²) in [6, 6.07) is 11.9. The standard InChI is InChI=1S/C25H27NO7/c1-25(2)17-12-18-20(32-22(17)16-7-4-8-19(27)23(16)33-25)9-10-26(18)24(30)14-5-3-6-15(11-14)31-13-21(28)29/h3-8,11,17-18,20,22,27H,9-10,12-13H2,1-2H3,(H,28,29)/t17-,18+,20-,22+/m1/s1. The first-order chi connectivity index (χ1) is 15.7. The number of phenols is 1. The molecule has 0 saturated carbocycles. The molecule has 1 amide bonds. The number of fused-ring (bicyclic) bond motifs is 4. The molecule has 8 heteroatoms. The van der Waals surface area contributed by atoms with E-state index in [0.717, 1.165) is 18.4 Å². The van der Waals surface area contributed by atoms with Gasteiger partial charge in [-0.15, -0.1) is 0 Å². The zero-order chi connectivity index (χ0) is 23.3. The van der Waals surface area contributed by atoms with Crippen LogP contribution in [0.2, 0.25) is 0 Å². The van der Waals surface area contributed by atoms with Crippen LogP contribution in [0.15, 0.2) is 42.5 Å². The second-order valence-electron chi connectivity index (χ2n) is 9.40. The van der Waals surface area contributed by atoms with Crippen molar-refractivity contribution in [3.63, 3.8) is 0 Å². The summed E-state index contributed by atoms with van der Waals surface area (Å²) in [5, 5.41) is 19.2. The first-order valence-electron chi connectivity index (χ1n) is 11.2. The summed E-state index contributed by atoms with van der Waals surface area (Å²) >= 11 is 0. The highest BCUT2D eigenvalue weighted by atomic mass is 16.5. The number of phenolic OH excluding ortho intramolecular Hbond substituents is 1. The number of amides is 1. The van der Waals surface area contributed by atoms with E-state index < -0.39 is 18.2 Å². The van der Waals surface area contributed by atoms with E-state index >= 15 is 0 Å². The van der Waals surface area contributed by atoms with Gasteiger partial charge in [-0.1, -0.05) is 18.2 Å². The Labute approximate surface area is 191 Å². The smallest absolute Gasteiger partial charge is 0.341 e. The molecule has 2 aromatic carbocycles. The molecule has 8 nitrogen and oxygen atoms in total. The van der Waals surface area contributed by atoms with Crippen LogP contribution in [0.3, 0.4) is 0 Å². The largest absolute Gasteiger partial charge is 0.504 e. The van der Waals surface area contributed by atoms with Crippen LogP contribution in [-0.2, 0) is 9.53 Å². The first-order valence-corrected chi connectivity index (χ1v) is 11.2. The van der Waals surface area contributed by atoms with Gasteiger partial charge in [0.2, 0.25) is 0 Å². The summed E-state index contributed by atoms with van der Waals surface area (Å²) in [5.74, 6) is -0.263. The molecule has 3 aliphatic rings. The molecule has 33 heavy (non-hydrogen) atoms. The summed E-state index contributed by atoms with van der Waals surface area (Å²) in [6.07, 6.45) is 1.13. The summed E-state index contributed by atoms with van der Waals surface area (Å²) in [5.41, 5.74) is 0.726. The molecule has 2 N–H and O–H groups in total. The van der Waals surface area contributed by atoms with E-state index in [4.69, 9.17) is 19.3 Å². The van der Waals surface area contributed by atoms with Crippen LogP contribution in [0.4, 0.5) is 0 Å². The molecule has 0 spiro atoms. The van der Waals surface area contributed by atoms with Gasteiger partial charge in [-0.05, 0) is 51.0 Å². The molecule has 0 aromatic heterocycles. The van der Waals surface area contributed by atoms with Crippen molar-refractivity contribution in [2.75, 3.05) is 13.2 Å². The Morgan fingerprint density at radius 2 is 2.00 bits per heavy atom. The van der Waals surface area contributed by atoms with Crippen LogP contribution in [0.25, 0.3) is 0 Å². The molecule has 0 unspecified atom stereocenters. The number of benzene rings is 2. The van der Waals surface area contributed by atoms with Gasteiger partial charge < -0.3 is 29.3 Å². The second-order valence-corrected chi connectivity index (χ2v) is 9.40. The van der Waals surface area contributed by atoms with Crippen LogP contribution in [0.5, 0.6) is 17.2 Å². The minimum Gasteiger partial charge on any atom is -0.504 e. The maximum Gasteiger partial charge on any atom is 0.341 e. The number of carboxylic acids is 1. The number of carbonyl (C=O) groups is 2. The fourth-order valence-electron chi connectivity index (χ4n) is 5.37. The zero-order valence-electron chi connectivity index (χ0n) is 18.6. The summed E-state index contributed by atoms with van der Waals surface area (Å²) in [7, 11) is 0. The molecule has 2 saturated heterocycles. The van der Waals surface area contributed by atoms with Gasteiger partial charge >= 0.3 is 5.97 Å². The third-order valence-electron chi connectivity index (χ3n) is 6.96. The predicted octanol–water partition coefficient (Wildman–Crippen LogP) is 3.39. The number of nitrogens with zero attached hydrogens (tertiary/aromatic N) is 1. The Balaban J connectivity index is 1.38. The lowest BCUT2D eigenvalue weighted by atomic mass is 9.74.